The third-order valence-electron chi connectivity index (χ3n) is 3.63. The molecule has 0 bridgehead atoms. The number of aromatic nitrogens is 2. The zero-order chi connectivity index (χ0) is 14.7. The van der Waals surface area contributed by atoms with Gasteiger partial charge in [0.1, 0.15) is 0 Å². The summed E-state index contributed by atoms with van der Waals surface area (Å²) in [5.74, 6) is 2.86. The van der Waals surface area contributed by atoms with Gasteiger partial charge < -0.3 is 9.84 Å². The molecular formula is C15H18ClN3OS. The van der Waals surface area contributed by atoms with Gasteiger partial charge in [-0.3, -0.25) is 0 Å². The summed E-state index contributed by atoms with van der Waals surface area (Å²) >= 11 is 7.55. The van der Waals surface area contributed by atoms with Crippen molar-refractivity contribution < 1.29 is 4.52 Å². The van der Waals surface area contributed by atoms with E-state index in [0.717, 1.165) is 28.7 Å². The highest BCUT2D eigenvalue weighted by Crippen LogP contribution is 2.27. The Bertz CT molecular complexity index is 587. The van der Waals surface area contributed by atoms with Crippen LogP contribution in [0.25, 0.3) is 0 Å². The summed E-state index contributed by atoms with van der Waals surface area (Å²) in [4.78, 5) is 5.66. The summed E-state index contributed by atoms with van der Waals surface area (Å²) in [5.41, 5.74) is 0. The lowest BCUT2D eigenvalue weighted by Gasteiger charge is -2.25. The summed E-state index contributed by atoms with van der Waals surface area (Å²) < 4.78 is 5.40. The quantitative estimate of drug-likeness (QED) is 0.859. The minimum absolute atomic E-state index is 0.204. The topological polar surface area (TPSA) is 51.0 Å². The number of hydrogen-bond donors (Lipinski definition) is 1. The molecule has 2 atom stereocenters. The number of nitrogens with one attached hydrogen (secondary N) is 1. The van der Waals surface area contributed by atoms with E-state index >= 15 is 0 Å². The number of halogens is 1. The molecule has 4 nitrogen and oxygen atoms in total. The van der Waals surface area contributed by atoms with Crippen LogP contribution in [0.5, 0.6) is 0 Å². The van der Waals surface area contributed by atoms with Crippen molar-refractivity contribution in [1.29, 1.82) is 0 Å². The van der Waals surface area contributed by atoms with Crippen LogP contribution in [0.4, 0.5) is 0 Å². The van der Waals surface area contributed by atoms with Crippen LogP contribution < -0.4 is 5.32 Å². The van der Waals surface area contributed by atoms with Crippen molar-refractivity contribution in [3.63, 3.8) is 0 Å². The Labute approximate surface area is 133 Å². The zero-order valence-electron chi connectivity index (χ0n) is 11.9. The second kappa shape index (κ2) is 6.81. The Balaban J connectivity index is 1.58. The summed E-state index contributed by atoms with van der Waals surface area (Å²) in [7, 11) is 0. The largest absolute Gasteiger partial charge is 0.338 e. The summed E-state index contributed by atoms with van der Waals surface area (Å²) in [6, 6.07) is 7.98. The van der Waals surface area contributed by atoms with Gasteiger partial charge in [0.15, 0.2) is 5.82 Å². The van der Waals surface area contributed by atoms with Crippen molar-refractivity contribution in [3.05, 3.63) is 41.0 Å². The molecule has 2 aromatic rings. The van der Waals surface area contributed by atoms with Crippen LogP contribution in [0.2, 0.25) is 5.02 Å². The zero-order valence-corrected chi connectivity index (χ0v) is 13.5. The number of nitrogens with zero attached hydrogens (tertiary/aromatic N) is 2. The number of benzene rings is 1. The smallest absolute Gasteiger partial charge is 0.243 e. The van der Waals surface area contributed by atoms with Gasteiger partial charge >= 0.3 is 0 Å². The maximum Gasteiger partial charge on any atom is 0.243 e. The Morgan fingerprint density at radius 2 is 2.19 bits per heavy atom. The fraction of sp³-hybridized carbons (Fsp3) is 0.467. The van der Waals surface area contributed by atoms with Crippen LogP contribution in [0, 0.1) is 5.92 Å². The van der Waals surface area contributed by atoms with E-state index in [1.165, 1.54) is 6.42 Å². The molecule has 1 saturated heterocycles. The SMILES string of the molecule is CC1CCNC(c2nc(CSc3ccc(Cl)cc3)no2)C1. The molecule has 0 radical (unpaired) electrons. The first-order chi connectivity index (χ1) is 10.2. The lowest BCUT2D eigenvalue weighted by atomic mass is 9.94. The molecule has 6 heteroatoms. The normalized spacial score (nSPS) is 22.4. The molecule has 1 fully saturated rings. The van der Waals surface area contributed by atoms with E-state index in [2.05, 4.69) is 22.4 Å². The molecule has 1 N–H and O–H groups in total. The highest BCUT2D eigenvalue weighted by molar-refractivity contribution is 7.98. The molecule has 0 aliphatic carbocycles. The average Bonchev–Trinajstić information content (AvgIpc) is 2.96. The highest BCUT2D eigenvalue weighted by Gasteiger charge is 2.24. The van der Waals surface area contributed by atoms with Crippen LogP contribution in [-0.2, 0) is 5.75 Å². The molecule has 0 saturated carbocycles. The van der Waals surface area contributed by atoms with Gasteiger partial charge in [0.25, 0.3) is 0 Å². The van der Waals surface area contributed by atoms with E-state index in [1.54, 1.807) is 11.8 Å². The van der Waals surface area contributed by atoms with Crippen LogP contribution in [0.15, 0.2) is 33.7 Å². The van der Waals surface area contributed by atoms with Gasteiger partial charge in [0.05, 0.1) is 11.8 Å². The predicted octanol–water partition coefficient (Wildman–Crippen LogP) is 4.08. The molecule has 1 aliphatic rings. The average molecular weight is 324 g/mol. The van der Waals surface area contributed by atoms with Crippen molar-refractivity contribution in [1.82, 2.24) is 15.5 Å². The highest BCUT2D eigenvalue weighted by atomic mass is 35.5. The lowest BCUT2D eigenvalue weighted by molar-refractivity contribution is 0.259. The fourth-order valence-corrected chi connectivity index (χ4v) is 3.31. The maximum atomic E-state index is 5.87. The van der Waals surface area contributed by atoms with Crippen molar-refractivity contribution in [2.75, 3.05) is 6.54 Å². The third-order valence-corrected chi connectivity index (χ3v) is 4.89. The van der Waals surface area contributed by atoms with E-state index in [0.29, 0.717) is 17.6 Å². The first-order valence-electron chi connectivity index (χ1n) is 7.15. The predicted molar refractivity (Wildman–Crippen MR) is 84.5 cm³/mol. The summed E-state index contributed by atoms with van der Waals surface area (Å²) in [6.07, 6.45) is 2.27. The maximum absolute atomic E-state index is 5.87. The Kier molecular flexibility index (Phi) is 4.83. The molecule has 0 spiro atoms. The molecule has 1 aromatic heterocycles. The standard InChI is InChI=1S/C15H18ClN3OS/c1-10-6-7-17-13(8-10)15-18-14(19-20-15)9-21-12-4-2-11(16)3-5-12/h2-5,10,13,17H,6-9H2,1H3. The first kappa shape index (κ1) is 14.9. The minimum Gasteiger partial charge on any atom is -0.338 e. The fourth-order valence-electron chi connectivity index (χ4n) is 2.44. The van der Waals surface area contributed by atoms with E-state index in [-0.39, 0.29) is 6.04 Å². The second-order valence-electron chi connectivity index (χ2n) is 5.43. The Morgan fingerprint density at radius 1 is 1.38 bits per heavy atom. The van der Waals surface area contributed by atoms with Crippen molar-refractivity contribution in [3.8, 4) is 0 Å². The molecule has 1 aliphatic heterocycles. The molecule has 112 valence electrons. The molecule has 3 rings (SSSR count). The minimum atomic E-state index is 0.204. The van der Waals surface area contributed by atoms with Gasteiger partial charge in [-0.05, 0) is 49.6 Å². The molecule has 21 heavy (non-hydrogen) atoms. The van der Waals surface area contributed by atoms with Crippen molar-refractivity contribution in [2.24, 2.45) is 5.92 Å². The van der Waals surface area contributed by atoms with E-state index in [4.69, 9.17) is 16.1 Å². The summed E-state index contributed by atoms with van der Waals surface area (Å²) in [6.45, 7) is 3.28. The third kappa shape index (κ3) is 3.99. The summed E-state index contributed by atoms with van der Waals surface area (Å²) in [5, 5.41) is 8.27. The van der Waals surface area contributed by atoms with Gasteiger partial charge in [-0.2, -0.15) is 4.98 Å². The molecule has 2 heterocycles. The monoisotopic (exact) mass is 323 g/mol. The van der Waals surface area contributed by atoms with Gasteiger partial charge in [0, 0.05) is 9.92 Å². The molecular weight excluding hydrogens is 306 g/mol. The number of rotatable bonds is 4. The van der Waals surface area contributed by atoms with Gasteiger partial charge in [-0.1, -0.05) is 23.7 Å². The van der Waals surface area contributed by atoms with Gasteiger partial charge in [0.2, 0.25) is 5.89 Å². The van der Waals surface area contributed by atoms with E-state index in [1.807, 2.05) is 24.3 Å². The Hall–Kier alpha value is -1.04. The van der Waals surface area contributed by atoms with Gasteiger partial charge in [-0.25, -0.2) is 0 Å². The Morgan fingerprint density at radius 3 is 2.95 bits per heavy atom. The van der Waals surface area contributed by atoms with E-state index in [9.17, 15) is 0 Å². The first-order valence-corrected chi connectivity index (χ1v) is 8.51. The molecule has 0 amide bonds. The van der Waals surface area contributed by atoms with Crippen LogP contribution in [0.3, 0.4) is 0 Å². The van der Waals surface area contributed by atoms with E-state index < -0.39 is 0 Å². The lowest BCUT2D eigenvalue weighted by Crippen LogP contribution is -2.30. The van der Waals surface area contributed by atoms with Crippen molar-refractivity contribution in [2.45, 2.75) is 36.5 Å². The van der Waals surface area contributed by atoms with Crippen LogP contribution in [-0.4, -0.2) is 16.7 Å². The number of piperidine rings is 1. The number of thioether (sulfide) groups is 1. The number of hydrogen-bond acceptors (Lipinski definition) is 5. The van der Waals surface area contributed by atoms with Crippen LogP contribution >= 0.6 is 23.4 Å². The van der Waals surface area contributed by atoms with Crippen LogP contribution in [0.1, 0.15) is 37.5 Å². The van der Waals surface area contributed by atoms with Crippen molar-refractivity contribution >= 4 is 23.4 Å². The van der Waals surface area contributed by atoms with Gasteiger partial charge in [-0.15, -0.1) is 11.8 Å². The molecule has 2 unspecified atom stereocenters. The molecule has 1 aromatic carbocycles. The second-order valence-corrected chi connectivity index (χ2v) is 6.91.